The molecule has 0 saturated heterocycles. The van der Waals surface area contributed by atoms with Gasteiger partial charge in [0.15, 0.2) is 35.4 Å². The molecule has 0 unspecified atom stereocenters. The molecule has 132 valence electrons. The van der Waals surface area contributed by atoms with Gasteiger partial charge in [0, 0.05) is 17.5 Å². The summed E-state index contributed by atoms with van der Waals surface area (Å²) in [6.07, 6.45) is 3.67. The number of benzene rings is 2. The monoisotopic (exact) mass is 352 g/mol. The zero-order valence-corrected chi connectivity index (χ0v) is 14.6. The molecule has 2 N–H and O–H groups in total. The fourth-order valence-corrected chi connectivity index (χ4v) is 3.34. The summed E-state index contributed by atoms with van der Waals surface area (Å²) in [5.41, 5.74) is 0.776. The zero-order chi connectivity index (χ0) is 18.4. The van der Waals surface area contributed by atoms with Gasteiger partial charge in [-0.1, -0.05) is 0 Å². The molecule has 0 spiro atoms. The topological polar surface area (TPSA) is 72.3 Å². The van der Waals surface area contributed by atoms with Crippen molar-refractivity contribution in [1.29, 1.82) is 0 Å². The summed E-state index contributed by atoms with van der Waals surface area (Å²) in [6, 6.07) is 9.17. The second-order valence-corrected chi connectivity index (χ2v) is 5.93. The maximum atomic E-state index is 10.8. The average molecular weight is 352 g/mol. The first kappa shape index (κ1) is 16.1. The van der Waals surface area contributed by atoms with Crippen LogP contribution in [0.1, 0.15) is 0 Å². The average Bonchev–Trinajstić information content (AvgIpc) is 2.66. The Labute approximate surface area is 149 Å². The highest BCUT2D eigenvalue weighted by molar-refractivity contribution is 6.04. The van der Waals surface area contributed by atoms with E-state index in [1.165, 1.54) is 21.3 Å². The standard InChI is InChI=1S/C20H17NO5/c1-24-15-5-4-11-8-14-17-12(6-7-21(14)10-13(11)18(15)22)9-16(25-2)20(26-3)19(17)23/h4-10H,1-3H3,(H,22,23)/p+1. The van der Waals surface area contributed by atoms with E-state index in [-0.39, 0.29) is 17.2 Å². The number of phenols is 2. The van der Waals surface area contributed by atoms with Crippen molar-refractivity contribution in [2.45, 2.75) is 0 Å². The van der Waals surface area contributed by atoms with Crippen LogP contribution < -0.4 is 18.6 Å². The van der Waals surface area contributed by atoms with Gasteiger partial charge in [0.25, 0.3) is 0 Å². The number of phenolic OH excluding ortho intramolecular Hbond substituents is 2. The van der Waals surface area contributed by atoms with Crippen molar-refractivity contribution in [3.63, 3.8) is 0 Å². The number of ether oxygens (including phenoxy) is 3. The van der Waals surface area contributed by atoms with Crippen LogP contribution in [0.4, 0.5) is 0 Å². The van der Waals surface area contributed by atoms with Crippen LogP contribution in [0, 0.1) is 0 Å². The second kappa shape index (κ2) is 5.84. The van der Waals surface area contributed by atoms with Gasteiger partial charge in [0.05, 0.1) is 32.1 Å². The molecular formula is C20H18NO5+. The molecule has 26 heavy (non-hydrogen) atoms. The van der Waals surface area contributed by atoms with Gasteiger partial charge in [-0.3, -0.25) is 0 Å². The van der Waals surface area contributed by atoms with E-state index in [0.717, 1.165) is 16.3 Å². The maximum Gasteiger partial charge on any atom is 0.223 e. The molecule has 0 bridgehead atoms. The third-order valence-corrected chi connectivity index (χ3v) is 4.62. The molecule has 0 fully saturated rings. The molecule has 0 radical (unpaired) electrons. The molecule has 2 aromatic heterocycles. The first-order valence-corrected chi connectivity index (χ1v) is 8.00. The lowest BCUT2D eigenvalue weighted by atomic mass is 10.0. The molecule has 0 aliphatic rings. The highest BCUT2D eigenvalue weighted by atomic mass is 16.5. The van der Waals surface area contributed by atoms with Gasteiger partial charge < -0.3 is 24.4 Å². The summed E-state index contributed by atoms with van der Waals surface area (Å²) in [6.45, 7) is 0. The van der Waals surface area contributed by atoms with Crippen LogP contribution in [0.3, 0.4) is 0 Å². The largest absolute Gasteiger partial charge is 0.504 e. The smallest absolute Gasteiger partial charge is 0.223 e. The molecule has 6 nitrogen and oxygen atoms in total. The number of hydrogen-bond donors (Lipinski definition) is 2. The lowest BCUT2D eigenvalue weighted by molar-refractivity contribution is -0.509. The summed E-state index contributed by atoms with van der Waals surface area (Å²) in [5, 5.41) is 24.1. The normalized spacial score (nSPS) is 11.2. The van der Waals surface area contributed by atoms with Gasteiger partial charge >= 0.3 is 0 Å². The molecule has 2 heterocycles. The Balaban J connectivity index is 2.15. The quantitative estimate of drug-likeness (QED) is 0.337. The van der Waals surface area contributed by atoms with E-state index in [0.29, 0.717) is 22.3 Å². The maximum absolute atomic E-state index is 10.8. The van der Waals surface area contributed by atoms with Crippen LogP contribution in [0.25, 0.3) is 27.1 Å². The molecular weight excluding hydrogens is 334 g/mol. The fraction of sp³-hybridized carbons (Fsp3) is 0.150. The molecule has 0 amide bonds. The lowest BCUT2D eigenvalue weighted by Gasteiger charge is -2.12. The first-order chi connectivity index (χ1) is 12.6. The zero-order valence-electron chi connectivity index (χ0n) is 14.6. The fourth-order valence-electron chi connectivity index (χ4n) is 3.34. The summed E-state index contributed by atoms with van der Waals surface area (Å²) in [5.74, 6) is 1.25. The van der Waals surface area contributed by atoms with Crippen LogP contribution in [-0.2, 0) is 0 Å². The molecule has 0 saturated carbocycles. The first-order valence-electron chi connectivity index (χ1n) is 8.00. The third kappa shape index (κ3) is 2.15. The molecule has 6 heteroatoms. The Bertz CT molecular complexity index is 1170. The number of nitrogens with zero attached hydrogens (tertiary/aromatic N) is 1. The number of aromatic nitrogens is 1. The Hall–Kier alpha value is -3.41. The van der Waals surface area contributed by atoms with E-state index >= 15 is 0 Å². The highest BCUT2D eigenvalue weighted by Crippen LogP contribution is 2.44. The van der Waals surface area contributed by atoms with E-state index in [2.05, 4.69) is 0 Å². The summed E-state index contributed by atoms with van der Waals surface area (Å²) < 4.78 is 17.7. The molecule has 0 aliphatic heterocycles. The molecule has 4 rings (SSSR count). The van der Waals surface area contributed by atoms with E-state index in [1.54, 1.807) is 12.3 Å². The minimum atomic E-state index is 0.0111. The minimum Gasteiger partial charge on any atom is -0.504 e. The summed E-state index contributed by atoms with van der Waals surface area (Å²) in [7, 11) is 4.53. The number of rotatable bonds is 3. The minimum absolute atomic E-state index is 0.0111. The Kier molecular flexibility index (Phi) is 3.61. The number of pyridine rings is 2. The van der Waals surface area contributed by atoms with Crippen molar-refractivity contribution in [2.24, 2.45) is 0 Å². The van der Waals surface area contributed by atoms with Crippen molar-refractivity contribution in [3.8, 4) is 28.7 Å². The van der Waals surface area contributed by atoms with E-state index in [1.807, 2.05) is 34.9 Å². The van der Waals surface area contributed by atoms with Crippen molar-refractivity contribution in [3.05, 3.63) is 42.7 Å². The van der Waals surface area contributed by atoms with Gasteiger partial charge in [0.2, 0.25) is 11.3 Å². The van der Waals surface area contributed by atoms with Crippen molar-refractivity contribution in [2.75, 3.05) is 21.3 Å². The van der Waals surface area contributed by atoms with Crippen LogP contribution >= 0.6 is 0 Å². The van der Waals surface area contributed by atoms with Crippen molar-refractivity contribution >= 4 is 27.1 Å². The van der Waals surface area contributed by atoms with E-state index in [9.17, 15) is 10.2 Å². The van der Waals surface area contributed by atoms with Crippen LogP contribution in [0.2, 0.25) is 0 Å². The summed E-state index contributed by atoms with van der Waals surface area (Å²) in [4.78, 5) is 0. The predicted octanol–water partition coefficient (Wildman–Crippen LogP) is 3.17. The SMILES string of the molecule is COc1cc2cc[n+]3cc4c(O)c(OC)ccc4cc3c2c(O)c1OC. The summed E-state index contributed by atoms with van der Waals surface area (Å²) >= 11 is 0. The molecule has 0 atom stereocenters. The molecule has 4 aromatic rings. The lowest BCUT2D eigenvalue weighted by Crippen LogP contribution is -2.20. The predicted molar refractivity (Wildman–Crippen MR) is 97.6 cm³/mol. The second-order valence-electron chi connectivity index (χ2n) is 5.93. The van der Waals surface area contributed by atoms with Gasteiger partial charge in [-0.2, -0.15) is 4.40 Å². The van der Waals surface area contributed by atoms with Crippen molar-refractivity contribution < 1.29 is 28.8 Å². The van der Waals surface area contributed by atoms with Gasteiger partial charge in [-0.05, 0) is 23.6 Å². The van der Waals surface area contributed by atoms with Crippen molar-refractivity contribution in [1.82, 2.24) is 0 Å². The van der Waals surface area contributed by atoms with Crippen LogP contribution in [-0.4, -0.2) is 31.5 Å². The van der Waals surface area contributed by atoms with Gasteiger partial charge in [-0.15, -0.1) is 0 Å². The number of aromatic hydroxyl groups is 2. The van der Waals surface area contributed by atoms with Crippen LogP contribution in [0.5, 0.6) is 28.7 Å². The Morgan fingerprint density at radius 2 is 1.58 bits per heavy atom. The number of fused-ring (bicyclic) bond motifs is 4. The Morgan fingerprint density at radius 3 is 2.27 bits per heavy atom. The number of hydrogen-bond acceptors (Lipinski definition) is 5. The van der Waals surface area contributed by atoms with Gasteiger partial charge in [0.1, 0.15) is 0 Å². The Morgan fingerprint density at radius 1 is 0.808 bits per heavy atom. The van der Waals surface area contributed by atoms with Crippen LogP contribution in [0.15, 0.2) is 42.7 Å². The highest BCUT2D eigenvalue weighted by Gasteiger charge is 2.21. The third-order valence-electron chi connectivity index (χ3n) is 4.62. The van der Waals surface area contributed by atoms with E-state index in [4.69, 9.17) is 14.2 Å². The molecule has 2 aromatic carbocycles. The van der Waals surface area contributed by atoms with E-state index < -0.39 is 0 Å². The number of methoxy groups -OCH3 is 3. The molecule has 0 aliphatic carbocycles. The van der Waals surface area contributed by atoms with Gasteiger partial charge in [-0.25, -0.2) is 0 Å².